The van der Waals surface area contributed by atoms with Gasteiger partial charge in [0.25, 0.3) is 0 Å². The lowest BCUT2D eigenvalue weighted by molar-refractivity contribution is 1.02. The Morgan fingerprint density at radius 2 is 1.14 bits per heavy atom. The fourth-order valence-corrected chi connectivity index (χ4v) is 11.6. The third-order valence-corrected chi connectivity index (χ3v) is 14.6. The number of hydrogen-bond acceptors (Lipinski definition) is 3. The zero-order chi connectivity index (χ0) is 44.3. The average Bonchev–Trinajstić information content (AvgIpc) is 3.89. The van der Waals surface area contributed by atoms with E-state index < -0.39 is 0 Å². The summed E-state index contributed by atoms with van der Waals surface area (Å²) in [4.78, 5) is 5.17. The standard InChI is InChI=1S/C56H41NS2.C3H8.C2H6/c1-4-12-46-49-33-38(23-31-54(49)58-52(46)5-2)36-19-25-40(26-20-36)57(41-27-21-37(22-28-41)39-24-32-55-50(34-39)47-16-10-11-18-53(47)59-55)51-30-29-42-35(3)56(51)48-17-9-8-15-45(48)44-14-7-6-13-43(42)44;1-3-2;1-2/h4-10,12-17,19-34H,2,11,18H2,1,3H3;3H2,1-2H3;1-2H3/b12-4-;;. The first-order chi connectivity index (χ1) is 31.5. The molecule has 1 nitrogen and oxygen atoms in total. The Morgan fingerprint density at radius 3 is 1.73 bits per heavy atom. The molecule has 0 amide bonds. The molecule has 2 aliphatic rings. The molecule has 9 aromatic rings. The van der Waals surface area contributed by atoms with Crippen LogP contribution in [0.4, 0.5) is 17.1 Å². The van der Waals surface area contributed by atoms with Crippen LogP contribution < -0.4 is 4.90 Å². The molecule has 0 fully saturated rings. The molecule has 64 heavy (non-hydrogen) atoms. The highest BCUT2D eigenvalue weighted by Crippen LogP contribution is 2.52. The van der Waals surface area contributed by atoms with Crippen molar-refractivity contribution in [3.63, 3.8) is 0 Å². The van der Waals surface area contributed by atoms with E-state index in [4.69, 9.17) is 0 Å². The van der Waals surface area contributed by atoms with Gasteiger partial charge in [-0.25, -0.2) is 0 Å². The largest absolute Gasteiger partial charge is 0.310 e. The van der Waals surface area contributed by atoms with Gasteiger partial charge in [-0.2, -0.15) is 0 Å². The third kappa shape index (κ3) is 7.67. The third-order valence-electron chi connectivity index (χ3n) is 12.2. The molecule has 11 rings (SSSR count). The van der Waals surface area contributed by atoms with E-state index in [0.717, 1.165) is 29.9 Å². The van der Waals surface area contributed by atoms with E-state index in [0.29, 0.717) is 0 Å². The lowest BCUT2D eigenvalue weighted by Crippen LogP contribution is -2.12. The van der Waals surface area contributed by atoms with E-state index in [9.17, 15) is 0 Å². The first-order valence-corrected chi connectivity index (χ1v) is 24.5. The second kappa shape index (κ2) is 18.7. The highest BCUT2D eigenvalue weighted by atomic mass is 32.1. The molecule has 0 aliphatic heterocycles. The van der Waals surface area contributed by atoms with Crippen LogP contribution >= 0.6 is 22.7 Å². The van der Waals surface area contributed by atoms with E-state index in [1.165, 1.54) is 109 Å². The van der Waals surface area contributed by atoms with Gasteiger partial charge in [-0.1, -0.05) is 162 Å². The highest BCUT2D eigenvalue weighted by molar-refractivity contribution is 7.20. The van der Waals surface area contributed by atoms with Gasteiger partial charge in [-0.3, -0.25) is 0 Å². The number of hydrogen-bond donors (Lipinski definition) is 0. The first-order valence-electron chi connectivity index (χ1n) is 22.9. The van der Waals surface area contributed by atoms with Gasteiger partial charge >= 0.3 is 0 Å². The Morgan fingerprint density at radius 1 is 0.609 bits per heavy atom. The van der Waals surface area contributed by atoms with Gasteiger partial charge in [0.05, 0.1) is 5.69 Å². The predicted octanol–water partition coefficient (Wildman–Crippen LogP) is 19.6. The molecule has 2 bridgehead atoms. The number of allylic oxidation sites excluding steroid dienone is 2. The van der Waals surface area contributed by atoms with E-state index >= 15 is 0 Å². The Bertz CT molecular complexity index is 3210. The molecule has 0 radical (unpaired) electrons. The molecular formula is C61H55NS2. The van der Waals surface area contributed by atoms with Crippen molar-refractivity contribution in [3.8, 4) is 55.6 Å². The highest BCUT2D eigenvalue weighted by Gasteiger charge is 2.26. The normalized spacial score (nSPS) is 12.1. The summed E-state index contributed by atoms with van der Waals surface area (Å²) in [5.41, 5.74) is 19.8. The van der Waals surface area contributed by atoms with Gasteiger partial charge < -0.3 is 4.90 Å². The lowest BCUT2D eigenvalue weighted by Gasteiger charge is -2.29. The number of anilines is 3. The van der Waals surface area contributed by atoms with Crippen molar-refractivity contribution in [2.24, 2.45) is 0 Å². The Labute approximate surface area is 388 Å². The Kier molecular flexibility index (Phi) is 12.5. The molecule has 0 atom stereocenters. The molecule has 0 spiro atoms. The van der Waals surface area contributed by atoms with Crippen molar-refractivity contribution < 1.29 is 0 Å². The van der Waals surface area contributed by atoms with Crippen molar-refractivity contribution in [1.29, 1.82) is 0 Å². The summed E-state index contributed by atoms with van der Waals surface area (Å²) in [5.74, 6) is 0. The van der Waals surface area contributed by atoms with Crippen LogP contribution in [0.1, 0.15) is 73.9 Å². The van der Waals surface area contributed by atoms with Crippen LogP contribution in [-0.4, -0.2) is 0 Å². The summed E-state index contributed by atoms with van der Waals surface area (Å²) in [6.45, 7) is 16.7. The topological polar surface area (TPSA) is 3.24 Å². The van der Waals surface area contributed by atoms with Crippen molar-refractivity contribution >= 4 is 78.1 Å². The maximum absolute atomic E-state index is 4.09. The summed E-state index contributed by atoms with van der Waals surface area (Å²) in [7, 11) is 0. The SMILES string of the molecule is C=Cc1sc2ccc(-c3ccc(N(c4ccc(-c5ccc6sc7c(c6c5)C=CCC7)cc4)c4ccc5c(C)c4-c4ccccc4-c4ccccc4-5)cc3)cc2c1/C=C\C.CC.CCC. The molecule has 3 heteroatoms. The van der Waals surface area contributed by atoms with Crippen molar-refractivity contribution in [3.05, 3.63) is 191 Å². The van der Waals surface area contributed by atoms with Crippen LogP contribution in [0.5, 0.6) is 0 Å². The molecule has 2 aliphatic carbocycles. The van der Waals surface area contributed by atoms with Gasteiger partial charge in [0.15, 0.2) is 0 Å². The minimum absolute atomic E-state index is 1.11. The summed E-state index contributed by atoms with van der Waals surface area (Å²) in [6, 6.07) is 54.6. The van der Waals surface area contributed by atoms with E-state index in [-0.39, 0.29) is 0 Å². The second-order valence-corrected chi connectivity index (χ2v) is 18.5. The number of benzene rings is 7. The minimum Gasteiger partial charge on any atom is -0.310 e. The minimum atomic E-state index is 1.11. The molecule has 0 N–H and O–H groups in total. The van der Waals surface area contributed by atoms with Gasteiger partial charge in [-0.15, -0.1) is 22.7 Å². The molecule has 2 heterocycles. The number of rotatable bonds is 7. The van der Waals surface area contributed by atoms with Gasteiger partial charge in [-0.05, 0) is 148 Å². The van der Waals surface area contributed by atoms with Crippen LogP contribution in [-0.2, 0) is 6.42 Å². The summed E-state index contributed by atoms with van der Waals surface area (Å²) >= 11 is 3.75. The van der Waals surface area contributed by atoms with E-state index in [1.54, 1.807) is 11.3 Å². The maximum atomic E-state index is 4.09. The average molecular weight is 866 g/mol. The Balaban J connectivity index is 0.000000997. The van der Waals surface area contributed by atoms with Gasteiger partial charge in [0.1, 0.15) is 0 Å². The van der Waals surface area contributed by atoms with Crippen molar-refractivity contribution in [2.75, 3.05) is 4.90 Å². The zero-order valence-electron chi connectivity index (χ0n) is 37.8. The predicted molar refractivity (Wildman–Crippen MR) is 287 cm³/mol. The van der Waals surface area contributed by atoms with E-state index in [1.807, 2.05) is 31.3 Å². The van der Waals surface area contributed by atoms with Crippen LogP contribution in [0.15, 0.2) is 164 Å². The van der Waals surface area contributed by atoms with Crippen LogP contribution in [0.3, 0.4) is 0 Å². The van der Waals surface area contributed by atoms with Gasteiger partial charge in [0, 0.05) is 46.9 Å². The first kappa shape index (κ1) is 42.8. The lowest BCUT2D eigenvalue weighted by atomic mass is 9.92. The number of thiophene rings is 2. The van der Waals surface area contributed by atoms with Crippen LogP contribution in [0.25, 0.3) is 94.0 Å². The van der Waals surface area contributed by atoms with E-state index in [2.05, 4.69) is 209 Å². The molecule has 0 saturated carbocycles. The quantitative estimate of drug-likeness (QED) is 0.154. The molecule has 0 unspecified atom stereocenters. The van der Waals surface area contributed by atoms with Crippen molar-refractivity contribution in [1.82, 2.24) is 0 Å². The fourth-order valence-electron chi connectivity index (χ4n) is 9.37. The van der Waals surface area contributed by atoms with Crippen LogP contribution in [0.2, 0.25) is 0 Å². The maximum Gasteiger partial charge on any atom is 0.0543 e. The number of fused-ring (bicyclic) bond motifs is 11. The summed E-state index contributed by atoms with van der Waals surface area (Å²) < 4.78 is 2.65. The summed E-state index contributed by atoms with van der Waals surface area (Å²) in [6.07, 6.45) is 14.5. The molecule has 2 aromatic heterocycles. The number of nitrogens with zero attached hydrogens (tertiary/aromatic N) is 1. The van der Waals surface area contributed by atoms with Gasteiger partial charge in [0.2, 0.25) is 0 Å². The fraction of sp³-hybridized carbons (Fsp3) is 0.148. The Hall–Kier alpha value is -6.52. The van der Waals surface area contributed by atoms with Crippen LogP contribution in [0, 0.1) is 6.92 Å². The molecule has 0 saturated heterocycles. The summed E-state index contributed by atoms with van der Waals surface area (Å²) in [5, 5.41) is 2.64. The smallest absolute Gasteiger partial charge is 0.0543 e. The second-order valence-electron chi connectivity index (χ2n) is 16.2. The molecule has 316 valence electrons. The zero-order valence-corrected chi connectivity index (χ0v) is 39.5. The molecule has 7 aromatic carbocycles. The monoisotopic (exact) mass is 865 g/mol. The number of aryl methyl sites for hydroxylation is 1. The van der Waals surface area contributed by atoms with Crippen molar-refractivity contribution in [2.45, 2.75) is 60.8 Å². The molecular weight excluding hydrogens is 811 g/mol.